The summed E-state index contributed by atoms with van der Waals surface area (Å²) >= 11 is 0. The van der Waals surface area contributed by atoms with E-state index in [1.54, 1.807) is 24.4 Å². The van der Waals surface area contributed by atoms with E-state index in [1.165, 1.54) is 3.97 Å². The van der Waals surface area contributed by atoms with Crippen LogP contribution in [0.1, 0.15) is 12.0 Å². The van der Waals surface area contributed by atoms with Gasteiger partial charge in [-0.15, -0.1) is 0 Å². The number of nitrogens with zero attached hydrogens (tertiary/aromatic N) is 2. The number of anilines is 2. The minimum absolute atomic E-state index is 0.0371. The summed E-state index contributed by atoms with van der Waals surface area (Å²) in [7, 11) is -3.74. The van der Waals surface area contributed by atoms with Crippen molar-refractivity contribution in [1.29, 1.82) is 0 Å². The van der Waals surface area contributed by atoms with Crippen molar-refractivity contribution >= 4 is 44.7 Å². The lowest BCUT2D eigenvalue weighted by atomic mass is 10.0. The molecule has 0 bridgehead atoms. The summed E-state index contributed by atoms with van der Waals surface area (Å²) in [5, 5.41) is 14.0. The quantitative estimate of drug-likeness (QED) is 0.515. The van der Waals surface area contributed by atoms with E-state index >= 15 is 0 Å². The van der Waals surface area contributed by atoms with Gasteiger partial charge in [0.1, 0.15) is 0 Å². The topological polar surface area (TPSA) is 121 Å². The summed E-state index contributed by atoms with van der Waals surface area (Å²) in [6.07, 6.45) is 2.55. The highest BCUT2D eigenvalue weighted by Gasteiger charge is 2.24. The van der Waals surface area contributed by atoms with Gasteiger partial charge in [-0.3, -0.25) is 9.59 Å². The smallest absolute Gasteiger partial charge is 0.290 e. The molecule has 9 nitrogen and oxygen atoms in total. The Balaban J connectivity index is 0.000000775. The first-order chi connectivity index (χ1) is 15.5. The normalized spacial score (nSPS) is 16.0. The molecule has 1 saturated heterocycles. The van der Waals surface area contributed by atoms with Crippen molar-refractivity contribution in [3.05, 3.63) is 54.2 Å². The highest BCUT2D eigenvalue weighted by atomic mass is 32.2. The number of piperazine rings is 1. The van der Waals surface area contributed by atoms with Gasteiger partial charge in [-0.25, -0.2) is 12.4 Å². The molecule has 3 N–H and O–H groups in total. The van der Waals surface area contributed by atoms with Crippen molar-refractivity contribution in [2.24, 2.45) is 0 Å². The SMILES string of the molecule is O=C1CCc2cc(S(=O)(=O)n3ccc4c(N5CCNCC5)cccc43)ccc2N1.O=CO. The van der Waals surface area contributed by atoms with Crippen molar-refractivity contribution in [1.82, 2.24) is 9.29 Å². The van der Waals surface area contributed by atoms with E-state index in [4.69, 9.17) is 9.90 Å². The number of carboxylic acid groups (broad SMARTS) is 1. The van der Waals surface area contributed by atoms with Gasteiger partial charge in [0.25, 0.3) is 16.5 Å². The van der Waals surface area contributed by atoms with E-state index in [0.717, 1.165) is 42.8 Å². The summed E-state index contributed by atoms with van der Waals surface area (Å²) in [5.74, 6) is -0.0371. The van der Waals surface area contributed by atoms with Crippen molar-refractivity contribution in [2.45, 2.75) is 17.7 Å². The van der Waals surface area contributed by atoms with E-state index < -0.39 is 10.0 Å². The highest BCUT2D eigenvalue weighted by molar-refractivity contribution is 7.90. The minimum atomic E-state index is -3.74. The Morgan fingerprint density at radius 3 is 2.53 bits per heavy atom. The number of carbonyl (C=O) groups excluding carboxylic acids is 1. The van der Waals surface area contributed by atoms with E-state index in [1.807, 2.05) is 24.3 Å². The van der Waals surface area contributed by atoms with Gasteiger partial charge in [-0.05, 0) is 48.4 Å². The fraction of sp³-hybridized carbons (Fsp3) is 0.273. The highest BCUT2D eigenvalue weighted by Crippen LogP contribution is 2.32. The molecule has 3 aromatic rings. The predicted molar refractivity (Wildman–Crippen MR) is 122 cm³/mol. The number of aromatic nitrogens is 1. The second-order valence-electron chi connectivity index (χ2n) is 7.54. The van der Waals surface area contributed by atoms with Crippen molar-refractivity contribution in [2.75, 3.05) is 36.4 Å². The fourth-order valence-corrected chi connectivity index (χ4v) is 5.55. The van der Waals surface area contributed by atoms with Crippen LogP contribution in [0.5, 0.6) is 0 Å². The lowest BCUT2D eigenvalue weighted by Crippen LogP contribution is -2.43. The number of fused-ring (bicyclic) bond motifs is 2. The van der Waals surface area contributed by atoms with Gasteiger partial charge >= 0.3 is 0 Å². The molecular weight excluding hydrogens is 432 g/mol. The molecule has 0 spiro atoms. The van der Waals surface area contributed by atoms with E-state index in [-0.39, 0.29) is 17.3 Å². The third-order valence-electron chi connectivity index (χ3n) is 5.66. The summed E-state index contributed by atoms with van der Waals surface area (Å²) in [4.78, 5) is 22.4. The number of hydrogen-bond acceptors (Lipinski definition) is 6. The minimum Gasteiger partial charge on any atom is -0.483 e. The van der Waals surface area contributed by atoms with E-state index in [2.05, 4.69) is 15.5 Å². The molecule has 0 unspecified atom stereocenters. The van der Waals surface area contributed by atoms with Crippen LogP contribution in [0.2, 0.25) is 0 Å². The van der Waals surface area contributed by atoms with Crippen LogP contribution in [-0.4, -0.2) is 56.1 Å². The number of amides is 1. The average molecular weight is 457 g/mol. The number of nitrogens with one attached hydrogen (secondary N) is 2. The number of aryl methyl sites for hydroxylation is 1. The lowest BCUT2D eigenvalue weighted by molar-refractivity contribution is -0.123. The first kappa shape index (κ1) is 21.8. The Labute approximate surface area is 185 Å². The third-order valence-corrected chi connectivity index (χ3v) is 7.35. The van der Waals surface area contributed by atoms with Crippen LogP contribution in [0.25, 0.3) is 10.9 Å². The van der Waals surface area contributed by atoms with E-state index in [9.17, 15) is 13.2 Å². The van der Waals surface area contributed by atoms with Crippen LogP contribution in [0, 0.1) is 0 Å². The molecule has 1 amide bonds. The summed E-state index contributed by atoms with van der Waals surface area (Å²) in [6, 6.07) is 12.6. The van der Waals surface area contributed by atoms with Crippen LogP contribution in [0.4, 0.5) is 11.4 Å². The standard InChI is InChI=1S/C21H22N4O3S.CH2O2/c26-21-7-4-15-14-16(5-6-18(15)23-21)29(27,28)25-11-8-17-19(2-1-3-20(17)25)24-12-9-22-10-13-24;2-1-3/h1-3,5-6,8,11,14,22H,4,7,9-10,12-13H2,(H,23,26);1H,(H,2,3). The maximum atomic E-state index is 13.4. The van der Waals surface area contributed by atoms with Crippen LogP contribution in [0.15, 0.2) is 53.6 Å². The van der Waals surface area contributed by atoms with Gasteiger partial charge in [0.15, 0.2) is 0 Å². The molecule has 0 atom stereocenters. The zero-order valence-corrected chi connectivity index (χ0v) is 18.1. The lowest BCUT2D eigenvalue weighted by Gasteiger charge is -2.30. The third kappa shape index (κ3) is 4.06. The number of rotatable bonds is 3. The molecule has 5 rings (SSSR count). The summed E-state index contributed by atoms with van der Waals surface area (Å²) in [6.45, 7) is 3.38. The molecule has 1 fully saturated rings. The molecule has 3 heterocycles. The zero-order valence-electron chi connectivity index (χ0n) is 17.3. The predicted octanol–water partition coefficient (Wildman–Crippen LogP) is 1.87. The Hall–Kier alpha value is -3.37. The monoisotopic (exact) mass is 456 g/mol. The maximum absolute atomic E-state index is 13.4. The largest absolute Gasteiger partial charge is 0.483 e. The summed E-state index contributed by atoms with van der Waals surface area (Å²) < 4.78 is 28.2. The van der Waals surface area contributed by atoms with E-state index in [0.29, 0.717) is 24.0 Å². The van der Waals surface area contributed by atoms with Crippen LogP contribution >= 0.6 is 0 Å². The van der Waals surface area contributed by atoms with Crippen LogP contribution in [0.3, 0.4) is 0 Å². The number of hydrogen-bond donors (Lipinski definition) is 3. The second-order valence-corrected chi connectivity index (χ2v) is 9.35. The molecule has 2 aromatic carbocycles. The first-order valence-electron chi connectivity index (χ1n) is 10.3. The molecule has 10 heteroatoms. The van der Waals surface area contributed by atoms with Gasteiger partial charge in [0.05, 0.1) is 10.4 Å². The average Bonchev–Trinajstić information content (AvgIpc) is 3.25. The number of carbonyl (C=O) groups is 2. The van der Waals surface area contributed by atoms with Gasteiger partial charge in [0, 0.05) is 55.6 Å². The number of benzene rings is 2. The van der Waals surface area contributed by atoms with Gasteiger partial charge < -0.3 is 20.6 Å². The van der Waals surface area contributed by atoms with Gasteiger partial charge in [0.2, 0.25) is 5.91 Å². The molecule has 32 heavy (non-hydrogen) atoms. The van der Waals surface area contributed by atoms with Crippen molar-refractivity contribution < 1.29 is 23.1 Å². The molecule has 1 aromatic heterocycles. The van der Waals surface area contributed by atoms with Crippen molar-refractivity contribution in [3.8, 4) is 0 Å². The molecule has 0 radical (unpaired) electrons. The molecule has 2 aliphatic rings. The Morgan fingerprint density at radius 1 is 1.03 bits per heavy atom. The zero-order chi connectivity index (χ0) is 22.7. The molecule has 2 aliphatic heterocycles. The van der Waals surface area contributed by atoms with Crippen LogP contribution in [-0.2, 0) is 26.0 Å². The van der Waals surface area contributed by atoms with Gasteiger partial charge in [-0.2, -0.15) is 0 Å². The Bertz CT molecular complexity index is 1260. The second kappa shape index (κ2) is 9.01. The summed E-state index contributed by atoms with van der Waals surface area (Å²) in [5.41, 5.74) is 3.28. The molecule has 0 aliphatic carbocycles. The molecular formula is C22H24N4O5S. The van der Waals surface area contributed by atoms with Crippen molar-refractivity contribution in [3.63, 3.8) is 0 Å². The molecule has 168 valence electrons. The fourth-order valence-electron chi connectivity index (χ4n) is 4.15. The Kier molecular flexibility index (Phi) is 6.15. The Morgan fingerprint density at radius 2 is 1.78 bits per heavy atom. The van der Waals surface area contributed by atoms with Crippen LogP contribution < -0.4 is 15.5 Å². The molecule has 0 saturated carbocycles. The maximum Gasteiger partial charge on any atom is 0.290 e. The van der Waals surface area contributed by atoms with Gasteiger partial charge in [-0.1, -0.05) is 6.07 Å². The first-order valence-corrected chi connectivity index (χ1v) is 11.7.